The Hall–Kier alpha value is -4.19. The van der Waals surface area contributed by atoms with Gasteiger partial charge < -0.3 is 9.15 Å². The molecule has 0 aliphatic carbocycles. The Bertz CT molecular complexity index is 1510. The predicted octanol–water partition coefficient (Wildman–Crippen LogP) is 5.01. The fraction of sp³-hybridized carbons (Fsp3) is 0.0800. The molecule has 0 aliphatic heterocycles. The number of hydrogen-bond acceptors (Lipinski definition) is 5. The van der Waals surface area contributed by atoms with Crippen molar-refractivity contribution in [2.24, 2.45) is 5.10 Å². The summed E-state index contributed by atoms with van der Waals surface area (Å²) in [4.78, 5) is 18.0. The highest BCUT2D eigenvalue weighted by Crippen LogP contribution is 2.32. The average Bonchev–Trinajstić information content (AvgIpc) is 3.24. The maximum Gasteiger partial charge on any atom is 0.282 e. The van der Waals surface area contributed by atoms with Crippen LogP contribution in [0.2, 0.25) is 0 Å². The van der Waals surface area contributed by atoms with Crippen LogP contribution in [0, 0.1) is 6.92 Å². The average molecular weight is 409 g/mol. The van der Waals surface area contributed by atoms with E-state index in [1.807, 2.05) is 67.6 Å². The van der Waals surface area contributed by atoms with Crippen LogP contribution in [0.5, 0.6) is 5.75 Å². The number of nitrogens with zero attached hydrogens (tertiary/aromatic N) is 3. The van der Waals surface area contributed by atoms with Gasteiger partial charge in [-0.05, 0) is 48.4 Å². The Kier molecular flexibility index (Phi) is 4.59. The molecular weight excluding hydrogens is 390 g/mol. The minimum absolute atomic E-state index is 0.266. The largest absolute Gasteiger partial charge is 0.496 e. The number of aromatic nitrogens is 2. The van der Waals surface area contributed by atoms with Gasteiger partial charge in [0.1, 0.15) is 11.3 Å². The van der Waals surface area contributed by atoms with E-state index in [9.17, 15) is 4.79 Å². The number of ether oxygens (including phenoxy) is 1. The van der Waals surface area contributed by atoms with Gasteiger partial charge in [0, 0.05) is 0 Å². The van der Waals surface area contributed by atoms with Gasteiger partial charge in [-0.2, -0.15) is 9.78 Å². The molecule has 0 N–H and O–H groups in total. The molecule has 0 spiro atoms. The van der Waals surface area contributed by atoms with Gasteiger partial charge in [0.15, 0.2) is 5.76 Å². The van der Waals surface area contributed by atoms with Crippen molar-refractivity contribution in [2.45, 2.75) is 6.92 Å². The van der Waals surface area contributed by atoms with Crippen LogP contribution in [-0.4, -0.2) is 23.0 Å². The Morgan fingerprint density at radius 2 is 1.81 bits per heavy atom. The van der Waals surface area contributed by atoms with Crippen LogP contribution in [0.1, 0.15) is 11.1 Å². The lowest BCUT2D eigenvalue weighted by molar-refractivity contribution is 0.419. The number of furan rings is 1. The zero-order valence-corrected chi connectivity index (χ0v) is 17.1. The summed E-state index contributed by atoms with van der Waals surface area (Å²) >= 11 is 0. The minimum atomic E-state index is -0.266. The van der Waals surface area contributed by atoms with E-state index in [4.69, 9.17) is 14.1 Å². The smallest absolute Gasteiger partial charge is 0.282 e. The van der Waals surface area contributed by atoms with Gasteiger partial charge in [-0.1, -0.05) is 42.5 Å². The Balaban J connectivity index is 1.77. The summed E-state index contributed by atoms with van der Waals surface area (Å²) in [6, 6.07) is 22.4. The zero-order chi connectivity index (χ0) is 21.4. The van der Waals surface area contributed by atoms with Gasteiger partial charge in [0.25, 0.3) is 5.56 Å². The molecule has 5 rings (SSSR count). The number of para-hydroxylation sites is 1. The van der Waals surface area contributed by atoms with Crippen molar-refractivity contribution in [3.05, 3.63) is 94.3 Å². The Labute approximate surface area is 178 Å². The van der Waals surface area contributed by atoms with E-state index in [-0.39, 0.29) is 5.56 Å². The number of aryl methyl sites for hydroxylation is 1. The molecule has 0 amide bonds. The molecule has 0 saturated carbocycles. The Morgan fingerprint density at radius 1 is 1.00 bits per heavy atom. The number of fused-ring (bicyclic) bond motifs is 2. The summed E-state index contributed by atoms with van der Waals surface area (Å²) in [5.41, 5.74) is 2.93. The highest BCUT2D eigenvalue weighted by Gasteiger charge is 2.17. The molecule has 6 heteroatoms. The third kappa shape index (κ3) is 3.28. The lowest BCUT2D eigenvalue weighted by Gasteiger charge is -2.07. The number of hydrogen-bond donors (Lipinski definition) is 0. The lowest BCUT2D eigenvalue weighted by atomic mass is 10.1. The van der Waals surface area contributed by atoms with Crippen molar-refractivity contribution in [1.82, 2.24) is 9.66 Å². The molecule has 0 radical (unpaired) electrons. The second-order valence-electron chi connectivity index (χ2n) is 7.15. The van der Waals surface area contributed by atoms with Gasteiger partial charge >= 0.3 is 0 Å². The molecule has 31 heavy (non-hydrogen) atoms. The molecule has 152 valence electrons. The van der Waals surface area contributed by atoms with E-state index >= 15 is 0 Å². The van der Waals surface area contributed by atoms with Crippen LogP contribution >= 0.6 is 0 Å². The molecule has 0 atom stereocenters. The maximum absolute atomic E-state index is 13.3. The number of rotatable bonds is 4. The van der Waals surface area contributed by atoms with Crippen LogP contribution in [0.4, 0.5) is 0 Å². The van der Waals surface area contributed by atoms with Crippen molar-refractivity contribution in [3.63, 3.8) is 0 Å². The molecule has 6 nitrogen and oxygen atoms in total. The van der Waals surface area contributed by atoms with Crippen LogP contribution in [-0.2, 0) is 0 Å². The molecular formula is C25H19N3O3. The van der Waals surface area contributed by atoms with E-state index in [0.29, 0.717) is 33.8 Å². The van der Waals surface area contributed by atoms with Gasteiger partial charge in [0.05, 0.1) is 29.6 Å². The molecule has 2 aromatic heterocycles. The summed E-state index contributed by atoms with van der Waals surface area (Å²) in [6.07, 6.45) is 1.67. The minimum Gasteiger partial charge on any atom is -0.496 e. The van der Waals surface area contributed by atoms with Gasteiger partial charge in [0.2, 0.25) is 5.82 Å². The maximum atomic E-state index is 13.3. The highest BCUT2D eigenvalue weighted by molar-refractivity contribution is 5.88. The first-order chi connectivity index (χ1) is 15.2. The quantitative estimate of drug-likeness (QED) is 0.391. The summed E-state index contributed by atoms with van der Waals surface area (Å²) in [6.45, 7) is 2.00. The monoisotopic (exact) mass is 409 g/mol. The SMILES string of the molecule is COc1cccc2oc(-c3nc4ccccc4c(=O)n3N=Cc3ccccc3C)cc12. The summed E-state index contributed by atoms with van der Waals surface area (Å²) in [5, 5.41) is 5.79. The van der Waals surface area contributed by atoms with Gasteiger partial charge in [-0.3, -0.25) is 4.79 Å². The summed E-state index contributed by atoms with van der Waals surface area (Å²) in [5.74, 6) is 1.45. The highest BCUT2D eigenvalue weighted by atomic mass is 16.5. The van der Waals surface area contributed by atoms with Crippen LogP contribution < -0.4 is 10.3 Å². The summed E-state index contributed by atoms with van der Waals surface area (Å²) < 4.78 is 12.8. The van der Waals surface area contributed by atoms with Gasteiger partial charge in [-0.15, -0.1) is 0 Å². The standard InChI is InChI=1S/C25H19N3O3/c1-16-8-3-4-9-17(16)15-26-28-24(27-20-11-6-5-10-18(20)25(28)29)23-14-19-21(30-2)12-7-13-22(19)31-23/h3-15H,1-2H3. The van der Waals surface area contributed by atoms with Crippen molar-refractivity contribution < 1.29 is 9.15 Å². The predicted molar refractivity (Wildman–Crippen MR) is 122 cm³/mol. The first-order valence-electron chi connectivity index (χ1n) is 9.84. The van der Waals surface area contributed by atoms with E-state index in [1.165, 1.54) is 4.68 Å². The third-order valence-electron chi connectivity index (χ3n) is 5.22. The van der Waals surface area contributed by atoms with E-state index in [1.54, 1.807) is 25.5 Å². The Morgan fingerprint density at radius 3 is 2.65 bits per heavy atom. The fourth-order valence-electron chi connectivity index (χ4n) is 3.56. The summed E-state index contributed by atoms with van der Waals surface area (Å²) in [7, 11) is 1.61. The van der Waals surface area contributed by atoms with Crippen molar-refractivity contribution in [2.75, 3.05) is 7.11 Å². The van der Waals surface area contributed by atoms with Crippen molar-refractivity contribution in [3.8, 4) is 17.3 Å². The van der Waals surface area contributed by atoms with Crippen LogP contribution in [0.15, 0.2) is 87.1 Å². The second kappa shape index (κ2) is 7.57. The lowest BCUT2D eigenvalue weighted by Crippen LogP contribution is -2.20. The molecule has 3 aromatic carbocycles. The number of methoxy groups -OCH3 is 1. The van der Waals surface area contributed by atoms with Crippen LogP contribution in [0.3, 0.4) is 0 Å². The van der Waals surface area contributed by atoms with E-state index in [0.717, 1.165) is 16.5 Å². The topological polar surface area (TPSA) is 69.6 Å². The molecule has 0 unspecified atom stereocenters. The van der Waals surface area contributed by atoms with Gasteiger partial charge in [-0.25, -0.2) is 4.98 Å². The van der Waals surface area contributed by atoms with E-state index < -0.39 is 0 Å². The molecule has 5 aromatic rings. The molecule has 0 aliphatic rings. The molecule has 0 saturated heterocycles. The fourth-order valence-corrected chi connectivity index (χ4v) is 3.56. The van der Waals surface area contributed by atoms with E-state index in [2.05, 4.69) is 5.10 Å². The number of benzene rings is 3. The van der Waals surface area contributed by atoms with Crippen LogP contribution in [0.25, 0.3) is 33.5 Å². The molecule has 2 heterocycles. The van der Waals surface area contributed by atoms with Crippen molar-refractivity contribution in [1.29, 1.82) is 0 Å². The first-order valence-corrected chi connectivity index (χ1v) is 9.84. The second-order valence-corrected chi connectivity index (χ2v) is 7.15. The third-order valence-corrected chi connectivity index (χ3v) is 5.22. The first kappa shape index (κ1) is 18.8. The normalized spacial score (nSPS) is 11.5. The zero-order valence-electron chi connectivity index (χ0n) is 17.1. The molecule has 0 bridgehead atoms. The molecule has 0 fully saturated rings. The van der Waals surface area contributed by atoms with Crippen molar-refractivity contribution >= 4 is 28.1 Å².